The Hall–Kier alpha value is -0.300. The molecule has 0 aromatic carbocycles. The van der Waals surface area contributed by atoms with Crippen LogP contribution in [0.15, 0.2) is 12.2 Å². The Labute approximate surface area is 58.2 Å². The van der Waals surface area contributed by atoms with Gasteiger partial charge in [0, 0.05) is 6.54 Å². The van der Waals surface area contributed by atoms with Gasteiger partial charge in [-0.05, 0) is 13.0 Å². The maximum atomic E-state index is 3.92. The number of rotatable bonds is 5. The van der Waals surface area contributed by atoms with E-state index in [9.17, 15) is 0 Å². The minimum absolute atomic E-state index is 0.990. The van der Waals surface area contributed by atoms with Gasteiger partial charge in [-0.2, -0.15) is 0 Å². The van der Waals surface area contributed by atoms with Crippen molar-refractivity contribution in [3.63, 3.8) is 0 Å². The molecule has 1 heteroatoms. The second-order valence-electron chi connectivity index (χ2n) is 2.28. The molecule has 0 aliphatic rings. The van der Waals surface area contributed by atoms with Crippen molar-refractivity contribution in [1.29, 1.82) is 0 Å². The van der Waals surface area contributed by atoms with Gasteiger partial charge in [0.2, 0.25) is 0 Å². The minimum atomic E-state index is 0.990. The highest BCUT2D eigenvalue weighted by Crippen LogP contribution is 1.98. The zero-order valence-corrected chi connectivity index (χ0v) is 6.54. The fraction of sp³-hybridized carbons (Fsp3) is 0.750. The van der Waals surface area contributed by atoms with Crippen molar-refractivity contribution in [3.8, 4) is 0 Å². The van der Waals surface area contributed by atoms with Crippen LogP contribution in [0.3, 0.4) is 0 Å². The van der Waals surface area contributed by atoms with Gasteiger partial charge in [-0.15, -0.1) is 0 Å². The van der Waals surface area contributed by atoms with Crippen molar-refractivity contribution in [1.82, 2.24) is 5.32 Å². The van der Waals surface area contributed by atoms with E-state index < -0.39 is 0 Å². The molecule has 1 N–H and O–H groups in total. The lowest BCUT2D eigenvalue weighted by atomic mass is 10.2. The maximum absolute atomic E-state index is 3.92. The maximum Gasteiger partial charge on any atom is 0.0161 e. The van der Waals surface area contributed by atoms with Gasteiger partial charge in [0.25, 0.3) is 0 Å². The molecule has 9 heavy (non-hydrogen) atoms. The average Bonchev–Trinajstić information content (AvgIpc) is 1.85. The van der Waals surface area contributed by atoms with Crippen LogP contribution in [0.2, 0.25) is 0 Å². The Morgan fingerprint density at radius 1 is 1.44 bits per heavy atom. The first kappa shape index (κ1) is 8.70. The summed E-state index contributed by atoms with van der Waals surface area (Å²) in [6, 6.07) is 0. The van der Waals surface area contributed by atoms with Gasteiger partial charge < -0.3 is 5.32 Å². The lowest BCUT2D eigenvalue weighted by molar-refractivity contribution is 0.741. The van der Waals surface area contributed by atoms with Crippen LogP contribution in [0.5, 0.6) is 0 Å². The van der Waals surface area contributed by atoms with E-state index in [1.807, 2.05) is 0 Å². The summed E-state index contributed by atoms with van der Waals surface area (Å²) in [4.78, 5) is 0. The summed E-state index contributed by atoms with van der Waals surface area (Å²) >= 11 is 0. The lowest BCUT2D eigenvalue weighted by Crippen LogP contribution is -2.15. The molecular formula is C8H17N. The molecule has 0 rings (SSSR count). The highest BCUT2D eigenvalue weighted by atomic mass is 14.8. The zero-order valence-electron chi connectivity index (χ0n) is 6.54. The Morgan fingerprint density at radius 2 is 2.11 bits per heavy atom. The second kappa shape index (κ2) is 5.83. The first-order chi connectivity index (χ1) is 4.31. The van der Waals surface area contributed by atoms with E-state index in [0.29, 0.717) is 0 Å². The summed E-state index contributed by atoms with van der Waals surface area (Å²) in [5.74, 6) is 0. The average molecular weight is 127 g/mol. The Balaban J connectivity index is 3.06. The quantitative estimate of drug-likeness (QED) is 0.557. The molecule has 54 valence electrons. The monoisotopic (exact) mass is 127 g/mol. The van der Waals surface area contributed by atoms with Gasteiger partial charge >= 0.3 is 0 Å². The minimum Gasteiger partial charge on any atom is -0.313 e. The third-order valence-electron chi connectivity index (χ3n) is 1.23. The summed E-state index contributed by atoms with van der Waals surface area (Å²) in [6.45, 7) is 10.2. The fourth-order valence-corrected chi connectivity index (χ4v) is 0.744. The number of likely N-dealkylation sites (N-methyl/N-ethyl adjacent to an activating group) is 1. The fourth-order valence-electron chi connectivity index (χ4n) is 0.744. The van der Waals surface area contributed by atoms with Gasteiger partial charge in [-0.3, -0.25) is 0 Å². The predicted octanol–water partition coefficient (Wildman–Crippen LogP) is 1.95. The van der Waals surface area contributed by atoms with Crippen LogP contribution in [0.25, 0.3) is 0 Å². The van der Waals surface area contributed by atoms with Crippen molar-refractivity contribution in [2.45, 2.75) is 26.7 Å². The molecule has 0 fully saturated rings. The van der Waals surface area contributed by atoms with Gasteiger partial charge in [0.05, 0.1) is 0 Å². The highest BCUT2D eigenvalue weighted by Gasteiger charge is 1.88. The summed E-state index contributed by atoms with van der Waals surface area (Å²) in [7, 11) is 0. The van der Waals surface area contributed by atoms with E-state index in [4.69, 9.17) is 0 Å². The molecule has 0 bridgehead atoms. The molecule has 0 heterocycles. The van der Waals surface area contributed by atoms with Gasteiger partial charge in [-0.1, -0.05) is 32.4 Å². The van der Waals surface area contributed by atoms with E-state index in [1.54, 1.807) is 0 Å². The van der Waals surface area contributed by atoms with Crippen LogP contribution in [-0.4, -0.2) is 13.1 Å². The molecule has 0 saturated heterocycles. The van der Waals surface area contributed by atoms with Crippen molar-refractivity contribution >= 4 is 0 Å². The van der Waals surface area contributed by atoms with E-state index >= 15 is 0 Å². The van der Waals surface area contributed by atoms with Crippen LogP contribution in [-0.2, 0) is 0 Å². The van der Waals surface area contributed by atoms with Gasteiger partial charge in [0.1, 0.15) is 0 Å². The Bertz CT molecular complexity index is 76.6. The van der Waals surface area contributed by atoms with E-state index in [2.05, 4.69) is 25.7 Å². The zero-order chi connectivity index (χ0) is 7.11. The smallest absolute Gasteiger partial charge is 0.0161 e. The number of nitrogens with one attached hydrogen (secondary N) is 1. The Kier molecular flexibility index (Phi) is 5.64. The van der Waals surface area contributed by atoms with Crippen LogP contribution < -0.4 is 5.32 Å². The lowest BCUT2D eigenvalue weighted by Gasteiger charge is -2.02. The summed E-state index contributed by atoms with van der Waals surface area (Å²) in [5.41, 5.74) is 1.32. The van der Waals surface area contributed by atoms with Crippen LogP contribution in [0.4, 0.5) is 0 Å². The first-order valence-electron chi connectivity index (χ1n) is 3.68. The molecule has 0 spiro atoms. The molecule has 0 saturated carbocycles. The molecule has 0 aromatic rings. The summed E-state index contributed by atoms with van der Waals surface area (Å²) in [5, 5.41) is 3.23. The molecule has 0 radical (unpaired) electrons. The molecule has 1 nitrogen and oxygen atoms in total. The normalized spacial score (nSPS) is 9.56. The molecule has 0 aromatic heterocycles. The number of hydrogen-bond donors (Lipinski definition) is 1. The molecule has 0 aliphatic carbocycles. The molecule has 0 atom stereocenters. The Morgan fingerprint density at radius 3 is 2.56 bits per heavy atom. The third-order valence-corrected chi connectivity index (χ3v) is 1.23. The van der Waals surface area contributed by atoms with Crippen molar-refractivity contribution in [2.24, 2.45) is 0 Å². The third kappa shape index (κ3) is 5.57. The van der Waals surface area contributed by atoms with Crippen molar-refractivity contribution in [3.05, 3.63) is 12.2 Å². The van der Waals surface area contributed by atoms with Crippen molar-refractivity contribution in [2.75, 3.05) is 13.1 Å². The van der Waals surface area contributed by atoms with Crippen LogP contribution in [0, 0.1) is 0 Å². The molecule has 0 unspecified atom stereocenters. The SMILES string of the molecule is C=C(CCC)CNCC. The van der Waals surface area contributed by atoms with E-state index in [-0.39, 0.29) is 0 Å². The largest absolute Gasteiger partial charge is 0.313 e. The standard InChI is InChI=1S/C8H17N/c1-4-6-8(3)7-9-5-2/h9H,3-7H2,1-2H3. The van der Waals surface area contributed by atoms with Crippen molar-refractivity contribution < 1.29 is 0 Å². The highest BCUT2D eigenvalue weighted by molar-refractivity contribution is 4.95. The number of hydrogen-bond acceptors (Lipinski definition) is 1. The van der Waals surface area contributed by atoms with Gasteiger partial charge in [0.15, 0.2) is 0 Å². The van der Waals surface area contributed by atoms with E-state index in [1.165, 1.54) is 12.0 Å². The molecule has 0 amide bonds. The van der Waals surface area contributed by atoms with E-state index in [0.717, 1.165) is 19.5 Å². The summed E-state index contributed by atoms with van der Waals surface area (Å²) < 4.78 is 0. The summed E-state index contributed by atoms with van der Waals surface area (Å²) in [6.07, 6.45) is 2.37. The first-order valence-corrected chi connectivity index (χ1v) is 3.68. The second-order valence-corrected chi connectivity index (χ2v) is 2.28. The topological polar surface area (TPSA) is 12.0 Å². The van der Waals surface area contributed by atoms with Crippen LogP contribution in [0.1, 0.15) is 26.7 Å². The molecular weight excluding hydrogens is 110 g/mol. The van der Waals surface area contributed by atoms with Crippen LogP contribution >= 0.6 is 0 Å². The predicted molar refractivity (Wildman–Crippen MR) is 42.6 cm³/mol. The van der Waals surface area contributed by atoms with Gasteiger partial charge in [-0.25, -0.2) is 0 Å². The molecule has 0 aliphatic heterocycles.